The summed E-state index contributed by atoms with van der Waals surface area (Å²) in [5, 5.41) is 19.0. The molecule has 0 amide bonds. The summed E-state index contributed by atoms with van der Waals surface area (Å²) < 4.78 is 2.04. The fourth-order valence-electron chi connectivity index (χ4n) is 2.68. The van der Waals surface area contributed by atoms with E-state index in [1.54, 1.807) is 6.20 Å². The molecule has 1 N–H and O–H groups in total. The van der Waals surface area contributed by atoms with Crippen LogP contribution in [0.1, 0.15) is 41.3 Å². The van der Waals surface area contributed by atoms with Gasteiger partial charge in [-0.25, -0.2) is 4.98 Å². The Morgan fingerprint density at radius 3 is 3.16 bits per heavy atom. The topological polar surface area (TPSA) is 61.8 Å². The first-order chi connectivity index (χ1) is 9.28. The Labute approximate surface area is 111 Å². The monoisotopic (exact) mass is 253 g/mol. The number of fused-ring (bicyclic) bond motifs is 1. The van der Waals surface area contributed by atoms with E-state index in [-0.39, 0.29) is 6.10 Å². The van der Waals surface area contributed by atoms with Crippen LogP contribution in [-0.2, 0) is 13.0 Å². The Morgan fingerprint density at radius 2 is 2.37 bits per heavy atom. The summed E-state index contributed by atoms with van der Waals surface area (Å²) in [4.78, 5) is 4.07. The highest BCUT2D eigenvalue weighted by Gasteiger charge is 2.20. The molecule has 0 saturated carbocycles. The van der Waals surface area contributed by atoms with E-state index in [9.17, 15) is 5.11 Å². The van der Waals surface area contributed by atoms with Gasteiger partial charge in [-0.15, -0.1) is 0 Å². The Bertz CT molecular complexity index is 639. The van der Waals surface area contributed by atoms with Gasteiger partial charge in [-0.05, 0) is 30.9 Å². The minimum atomic E-state index is -0.339. The lowest BCUT2D eigenvalue weighted by Gasteiger charge is -2.16. The van der Waals surface area contributed by atoms with Crippen LogP contribution < -0.4 is 0 Å². The molecule has 0 radical (unpaired) electrons. The summed E-state index contributed by atoms with van der Waals surface area (Å²) >= 11 is 0. The van der Waals surface area contributed by atoms with Crippen molar-refractivity contribution in [1.82, 2.24) is 9.55 Å². The zero-order chi connectivity index (χ0) is 13.2. The molecule has 1 aliphatic carbocycles. The predicted octanol–water partition coefficient (Wildman–Crippen LogP) is 2.17. The zero-order valence-electron chi connectivity index (χ0n) is 10.6. The first-order valence-corrected chi connectivity index (χ1v) is 6.48. The molecule has 0 bridgehead atoms. The highest BCUT2D eigenvalue weighted by atomic mass is 16.3. The van der Waals surface area contributed by atoms with Gasteiger partial charge in [0.2, 0.25) is 0 Å². The molecule has 0 saturated heterocycles. The third-order valence-electron chi connectivity index (χ3n) is 3.63. The van der Waals surface area contributed by atoms with E-state index >= 15 is 0 Å². The van der Waals surface area contributed by atoms with Gasteiger partial charge in [0, 0.05) is 36.3 Å². The second-order valence-corrected chi connectivity index (χ2v) is 4.94. The van der Waals surface area contributed by atoms with E-state index in [0.717, 1.165) is 30.4 Å². The average Bonchev–Trinajstić information content (AvgIpc) is 2.83. The fraction of sp³-hybridized carbons (Fsp3) is 0.333. The highest BCUT2D eigenvalue weighted by Crippen LogP contribution is 2.30. The van der Waals surface area contributed by atoms with E-state index in [0.29, 0.717) is 12.2 Å². The summed E-state index contributed by atoms with van der Waals surface area (Å²) in [6.45, 7) is 0.621. The van der Waals surface area contributed by atoms with Crippen molar-refractivity contribution in [3.05, 3.63) is 53.1 Å². The molecule has 96 valence electrons. The maximum absolute atomic E-state index is 9.96. The van der Waals surface area contributed by atoms with Crippen LogP contribution in [0.2, 0.25) is 0 Å². The van der Waals surface area contributed by atoms with Crippen LogP contribution in [0.5, 0.6) is 0 Å². The number of rotatable bonds is 2. The van der Waals surface area contributed by atoms with Gasteiger partial charge in [0.1, 0.15) is 11.8 Å². The van der Waals surface area contributed by atoms with Gasteiger partial charge in [0.05, 0.1) is 6.10 Å². The number of aliphatic hydroxyl groups excluding tert-OH is 1. The van der Waals surface area contributed by atoms with E-state index in [1.165, 1.54) is 5.56 Å². The summed E-state index contributed by atoms with van der Waals surface area (Å²) in [5.41, 5.74) is 3.64. The average molecular weight is 253 g/mol. The highest BCUT2D eigenvalue weighted by molar-refractivity contribution is 5.33. The number of aromatic nitrogens is 2. The van der Waals surface area contributed by atoms with Gasteiger partial charge in [-0.1, -0.05) is 6.07 Å². The molecule has 0 aromatic carbocycles. The van der Waals surface area contributed by atoms with Crippen molar-refractivity contribution in [2.24, 2.45) is 0 Å². The molecule has 4 heteroatoms. The van der Waals surface area contributed by atoms with E-state index in [1.807, 2.05) is 22.9 Å². The number of hydrogen-bond donors (Lipinski definition) is 1. The van der Waals surface area contributed by atoms with Crippen molar-refractivity contribution in [3.63, 3.8) is 0 Å². The largest absolute Gasteiger partial charge is 0.388 e. The van der Waals surface area contributed by atoms with Crippen LogP contribution in [0.3, 0.4) is 0 Å². The maximum atomic E-state index is 9.96. The SMILES string of the molecule is N#Cc1ncccc1Cn1cc2c(c1)C(O)CCC2. The molecule has 2 aromatic rings. The van der Waals surface area contributed by atoms with Gasteiger partial charge in [-0.2, -0.15) is 5.26 Å². The third kappa shape index (κ3) is 2.25. The summed E-state index contributed by atoms with van der Waals surface area (Å²) in [7, 11) is 0. The minimum absolute atomic E-state index is 0.339. The lowest BCUT2D eigenvalue weighted by molar-refractivity contribution is 0.157. The van der Waals surface area contributed by atoms with Crippen LogP contribution in [0.4, 0.5) is 0 Å². The molecule has 0 aliphatic heterocycles. The molecule has 3 rings (SSSR count). The summed E-state index contributed by atoms with van der Waals surface area (Å²) in [6.07, 6.45) is 8.26. The number of nitrogens with zero attached hydrogens (tertiary/aromatic N) is 3. The summed E-state index contributed by atoms with van der Waals surface area (Å²) in [5.74, 6) is 0. The number of pyridine rings is 1. The minimum Gasteiger partial charge on any atom is -0.388 e. The van der Waals surface area contributed by atoms with Gasteiger partial charge in [0.25, 0.3) is 0 Å². The van der Waals surface area contributed by atoms with Crippen molar-refractivity contribution in [3.8, 4) is 6.07 Å². The van der Waals surface area contributed by atoms with Crippen LogP contribution in [-0.4, -0.2) is 14.7 Å². The van der Waals surface area contributed by atoms with Gasteiger partial charge >= 0.3 is 0 Å². The molecule has 4 nitrogen and oxygen atoms in total. The predicted molar refractivity (Wildman–Crippen MR) is 70.4 cm³/mol. The normalized spacial score (nSPS) is 17.8. The molecular weight excluding hydrogens is 238 g/mol. The Balaban J connectivity index is 1.90. The second kappa shape index (κ2) is 4.87. The molecule has 1 aliphatic rings. The molecule has 0 spiro atoms. The summed E-state index contributed by atoms with van der Waals surface area (Å²) in [6, 6.07) is 5.87. The number of aryl methyl sites for hydroxylation is 1. The van der Waals surface area contributed by atoms with Crippen LogP contribution in [0.25, 0.3) is 0 Å². The van der Waals surface area contributed by atoms with Crippen molar-refractivity contribution in [1.29, 1.82) is 5.26 Å². The Hall–Kier alpha value is -2.12. The van der Waals surface area contributed by atoms with E-state index in [4.69, 9.17) is 5.26 Å². The molecule has 2 heterocycles. The number of hydrogen-bond acceptors (Lipinski definition) is 3. The molecule has 1 unspecified atom stereocenters. The van der Waals surface area contributed by atoms with Gasteiger partial charge in [-0.3, -0.25) is 0 Å². The molecule has 19 heavy (non-hydrogen) atoms. The molecule has 2 aromatic heterocycles. The maximum Gasteiger partial charge on any atom is 0.145 e. The molecular formula is C15H15N3O. The van der Waals surface area contributed by atoms with Crippen molar-refractivity contribution < 1.29 is 5.11 Å². The fourth-order valence-corrected chi connectivity index (χ4v) is 2.68. The molecule has 0 fully saturated rings. The number of nitriles is 1. The van der Waals surface area contributed by atoms with E-state index in [2.05, 4.69) is 17.3 Å². The Kier molecular flexibility index (Phi) is 3.06. The van der Waals surface area contributed by atoms with Crippen molar-refractivity contribution >= 4 is 0 Å². The Morgan fingerprint density at radius 1 is 1.47 bits per heavy atom. The standard InChI is InChI=1S/C15H15N3O/c16-7-14-12(4-2-6-17-14)9-18-8-11-3-1-5-15(19)13(11)10-18/h2,4,6,8,10,15,19H,1,3,5,9H2. The first-order valence-electron chi connectivity index (χ1n) is 6.48. The molecule has 1 atom stereocenters. The zero-order valence-corrected chi connectivity index (χ0v) is 10.6. The lowest BCUT2D eigenvalue weighted by Crippen LogP contribution is -2.05. The van der Waals surface area contributed by atoms with Crippen molar-refractivity contribution in [2.75, 3.05) is 0 Å². The quantitative estimate of drug-likeness (QED) is 0.892. The van der Waals surface area contributed by atoms with E-state index < -0.39 is 0 Å². The third-order valence-corrected chi connectivity index (χ3v) is 3.63. The number of aliphatic hydroxyl groups is 1. The van der Waals surface area contributed by atoms with Crippen LogP contribution in [0, 0.1) is 11.3 Å². The lowest BCUT2D eigenvalue weighted by atomic mass is 9.93. The van der Waals surface area contributed by atoms with Crippen LogP contribution in [0.15, 0.2) is 30.7 Å². The first kappa shape index (κ1) is 11.9. The van der Waals surface area contributed by atoms with Gasteiger partial charge < -0.3 is 9.67 Å². The van der Waals surface area contributed by atoms with Crippen LogP contribution >= 0.6 is 0 Å². The van der Waals surface area contributed by atoms with Gasteiger partial charge in [0.15, 0.2) is 0 Å². The second-order valence-electron chi connectivity index (χ2n) is 4.94. The smallest absolute Gasteiger partial charge is 0.145 e. The van der Waals surface area contributed by atoms with Crippen molar-refractivity contribution in [2.45, 2.75) is 31.9 Å².